The number of halogens is 5. The van der Waals surface area contributed by atoms with Crippen molar-refractivity contribution in [3.8, 4) is 0 Å². The molecular formula is C9H11ClF4N2. The summed E-state index contributed by atoms with van der Waals surface area (Å²) in [6, 6.07) is 0.825. The van der Waals surface area contributed by atoms with Crippen LogP contribution in [0.1, 0.15) is 24.1 Å². The van der Waals surface area contributed by atoms with Gasteiger partial charge in [0.25, 0.3) is 0 Å². The van der Waals surface area contributed by atoms with Gasteiger partial charge in [0, 0.05) is 17.3 Å². The molecule has 0 radical (unpaired) electrons. The predicted octanol–water partition coefficient (Wildman–Crippen LogP) is 2.87. The Bertz CT molecular complexity index is 377. The smallest absolute Gasteiger partial charge is 0.399 e. The van der Waals surface area contributed by atoms with Gasteiger partial charge < -0.3 is 11.5 Å². The predicted molar refractivity (Wildman–Crippen MR) is 55.7 cm³/mol. The molecule has 1 aromatic carbocycles. The van der Waals surface area contributed by atoms with E-state index in [0.717, 1.165) is 6.07 Å². The van der Waals surface area contributed by atoms with Gasteiger partial charge in [0.15, 0.2) is 0 Å². The first-order chi connectivity index (χ1) is 6.73. The molecule has 0 aliphatic heterocycles. The molecular weight excluding hydrogens is 248 g/mol. The van der Waals surface area contributed by atoms with Crippen LogP contribution in [0, 0.1) is 5.82 Å². The van der Waals surface area contributed by atoms with Crippen molar-refractivity contribution in [2.75, 3.05) is 5.73 Å². The molecule has 1 aromatic rings. The number of nitrogens with two attached hydrogens (primary N) is 2. The maximum absolute atomic E-state index is 13.3. The first-order valence-corrected chi connectivity index (χ1v) is 4.15. The molecule has 4 N–H and O–H groups in total. The molecule has 0 saturated heterocycles. The zero-order chi connectivity index (χ0) is 11.8. The number of nitrogen functional groups attached to an aromatic ring is 1. The lowest BCUT2D eigenvalue weighted by Gasteiger charge is -2.14. The van der Waals surface area contributed by atoms with Gasteiger partial charge >= 0.3 is 6.18 Å². The second-order valence-electron chi connectivity index (χ2n) is 3.26. The maximum atomic E-state index is 13.3. The molecule has 0 heterocycles. The van der Waals surface area contributed by atoms with Crippen LogP contribution >= 0.6 is 12.4 Å². The fraction of sp³-hybridized carbons (Fsp3) is 0.333. The fourth-order valence-corrected chi connectivity index (χ4v) is 1.21. The van der Waals surface area contributed by atoms with Crippen LogP contribution in [0.25, 0.3) is 0 Å². The molecule has 0 amide bonds. The van der Waals surface area contributed by atoms with E-state index in [2.05, 4.69) is 0 Å². The number of hydrogen-bond donors (Lipinski definition) is 2. The molecule has 7 heteroatoms. The molecule has 2 nitrogen and oxygen atoms in total. The van der Waals surface area contributed by atoms with Crippen molar-refractivity contribution in [2.24, 2.45) is 5.73 Å². The lowest BCUT2D eigenvalue weighted by Crippen LogP contribution is -2.15. The summed E-state index contributed by atoms with van der Waals surface area (Å²) in [6.45, 7) is 1.39. The Morgan fingerprint density at radius 3 is 2.12 bits per heavy atom. The van der Waals surface area contributed by atoms with Crippen molar-refractivity contribution in [1.82, 2.24) is 0 Å². The third-order valence-electron chi connectivity index (χ3n) is 1.92. The summed E-state index contributed by atoms with van der Waals surface area (Å²) in [5.41, 5.74) is 8.80. The van der Waals surface area contributed by atoms with Gasteiger partial charge in [-0.15, -0.1) is 12.4 Å². The highest BCUT2D eigenvalue weighted by Gasteiger charge is 2.35. The normalized spacial score (nSPS) is 13.1. The van der Waals surface area contributed by atoms with Gasteiger partial charge in [-0.3, -0.25) is 0 Å². The summed E-state index contributed by atoms with van der Waals surface area (Å²) in [5, 5.41) is 0. The lowest BCUT2D eigenvalue weighted by molar-refractivity contribution is -0.140. The third kappa shape index (κ3) is 2.99. The van der Waals surface area contributed by atoms with Gasteiger partial charge in [-0.05, 0) is 19.1 Å². The van der Waals surface area contributed by atoms with Crippen LogP contribution in [-0.2, 0) is 6.18 Å². The molecule has 0 aliphatic rings. The minimum absolute atomic E-state index is 0. The Hall–Kier alpha value is -1.01. The molecule has 1 rings (SSSR count). The van der Waals surface area contributed by atoms with E-state index in [9.17, 15) is 17.6 Å². The molecule has 0 bridgehead atoms. The van der Waals surface area contributed by atoms with Crippen molar-refractivity contribution in [1.29, 1.82) is 0 Å². The van der Waals surface area contributed by atoms with Crippen molar-refractivity contribution in [2.45, 2.75) is 19.1 Å². The molecule has 0 aromatic heterocycles. The van der Waals surface area contributed by atoms with E-state index in [1.54, 1.807) is 0 Å². The van der Waals surface area contributed by atoms with E-state index < -0.39 is 23.6 Å². The lowest BCUT2D eigenvalue weighted by atomic mass is 10.0. The number of alkyl halides is 3. The summed E-state index contributed by atoms with van der Waals surface area (Å²) >= 11 is 0. The zero-order valence-corrected chi connectivity index (χ0v) is 9.12. The first-order valence-electron chi connectivity index (χ1n) is 4.15. The van der Waals surface area contributed by atoms with Crippen molar-refractivity contribution in [3.05, 3.63) is 29.1 Å². The molecule has 1 atom stereocenters. The SMILES string of the molecule is CC(N)c1cc(N)cc(C(F)(F)F)c1F.Cl. The van der Waals surface area contributed by atoms with E-state index in [1.807, 2.05) is 0 Å². The fourth-order valence-electron chi connectivity index (χ4n) is 1.21. The largest absolute Gasteiger partial charge is 0.419 e. The molecule has 0 saturated carbocycles. The van der Waals surface area contributed by atoms with Crippen LogP contribution in [0.2, 0.25) is 0 Å². The highest BCUT2D eigenvalue weighted by atomic mass is 35.5. The number of rotatable bonds is 1. The Labute approximate surface area is 96.0 Å². The maximum Gasteiger partial charge on any atom is 0.419 e. The van der Waals surface area contributed by atoms with Crippen LogP contribution in [0.15, 0.2) is 12.1 Å². The van der Waals surface area contributed by atoms with Gasteiger partial charge in [-0.1, -0.05) is 0 Å². The Morgan fingerprint density at radius 1 is 1.25 bits per heavy atom. The average molecular weight is 259 g/mol. The number of hydrogen-bond acceptors (Lipinski definition) is 2. The third-order valence-corrected chi connectivity index (χ3v) is 1.92. The Balaban J connectivity index is 0.00000225. The topological polar surface area (TPSA) is 52.0 Å². The molecule has 0 aliphatic carbocycles. The second-order valence-corrected chi connectivity index (χ2v) is 3.26. The van der Waals surface area contributed by atoms with Crippen LogP contribution < -0.4 is 11.5 Å². The molecule has 0 fully saturated rings. The van der Waals surface area contributed by atoms with Gasteiger partial charge in [-0.2, -0.15) is 13.2 Å². The van der Waals surface area contributed by atoms with Crippen molar-refractivity contribution >= 4 is 18.1 Å². The second kappa shape index (κ2) is 4.88. The Kier molecular flexibility index (Phi) is 4.57. The summed E-state index contributed by atoms with van der Waals surface area (Å²) in [6.07, 6.45) is -4.76. The van der Waals surface area contributed by atoms with E-state index in [4.69, 9.17) is 11.5 Å². The molecule has 92 valence electrons. The van der Waals surface area contributed by atoms with Crippen molar-refractivity contribution in [3.63, 3.8) is 0 Å². The van der Waals surface area contributed by atoms with Gasteiger partial charge in [-0.25, -0.2) is 4.39 Å². The molecule has 0 spiro atoms. The highest BCUT2D eigenvalue weighted by Crippen LogP contribution is 2.35. The van der Waals surface area contributed by atoms with E-state index in [1.165, 1.54) is 6.92 Å². The Morgan fingerprint density at radius 2 is 1.75 bits per heavy atom. The molecule has 1 unspecified atom stereocenters. The monoisotopic (exact) mass is 258 g/mol. The van der Waals surface area contributed by atoms with Crippen LogP contribution in [-0.4, -0.2) is 0 Å². The minimum atomic E-state index is -4.76. The summed E-state index contributed by atoms with van der Waals surface area (Å²) < 4.78 is 50.4. The summed E-state index contributed by atoms with van der Waals surface area (Å²) in [4.78, 5) is 0. The molecule has 16 heavy (non-hydrogen) atoms. The van der Waals surface area contributed by atoms with E-state index in [-0.39, 0.29) is 23.7 Å². The quantitative estimate of drug-likeness (QED) is 0.601. The van der Waals surface area contributed by atoms with Gasteiger partial charge in [0.2, 0.25) is 0 Å². The number of benzene rings is 1. The van der Waals surface area contributed by atoms with Crippen LogP contribution in [0.3, 0.4) is 0 Å². The minimum Gasteiger partial charge on any atom is -0.399 e. The van der Waals surface area contributed by atoms with Gasteiger partial charge in [0.05, 0.1) is 5.56 Å². The highest BCUT2D eigenvalue weighted by molar-refractivity contribution is 5.85. The van der Waals surface area contributed by atoms with E-state index >= 15 is 0 Å². The van der Waals surface area contributed by atoms with Crippen LogP contribution in [0.4, 0.5) is 23.2 Å². The van der Waals surface area contributed by atoms with Crippen molar-refractivity contribution < 1.29 is 17.6 Å². The zero-order valence-electron chi connectivity index (χ0n) is 8.31. The number of anilines is 1. The summed E-state index contributed by atoms with van der Waals surface area (Å²) in [7, 11) is 0. The summed E-state index contributed by atoms with van der Waals surface area (Å²) in [5.74, 6) is -1.35. The average Bonchev–Trinajstić information content (AvgIpc) is 2.06. The van der Waals surface area contributed by atoms with Crippen LogP contribution in [0.5, 0.6) is 0 Å². The van der Waals surface area contributed by atoms with E-state index in [0.29, 0.717) is 6.07 Å². The standard InChI is InChI=1S/C9H10F4N2.ClH/c1-4(14)6-2-5(15)3-7(8(6)10)9(11,12)13;/h2-4H,14-15H2,1H3;1H. The van der Waals surface area contributed by atoms with Gasteiger partial charge in [0.1, 0.15) is 5.82 Å². The first kappa shape index (κ1) is 15.0.